The smallest absolute Gasteiger partial charge is 0.322 e. The van der Waals surface area contributed by atoms with Crippen molar-refractivity contribution in [3.63, 3.8) is 0 Å². The second-order valence-electron chi connectivity index (χ2n) is 4.34. The highest BCUT2D eigenvalue weighted by atomic mass is 16.5. The first-order valence-corrected chi connectivity index (χ1v) is 5.70. The molecule has 18 heavy (non-hydrogen) atoms. The van der Waals surface area contributed by atoms with Gasteiger partial charge in [0.1, 0.15) is 0 Å². The van der Waals surface area contributed by atoms with Crippen molar-refractivity contribution in [2.75, 3.05) is 24.3 Å². The van der Waals surface area contributed by atoms with E-state index in [1.165, 1.54) is 7.11 Å². The number of hydrogen-bond donors (Lipinski definition) is 2. The number of rotatable bonds is 6. The average Bonchev–Trinajstić information content (AvgIpc) is 2.28. The standard InChI is InChI=1S/C11H18N6O/c1-5-13-8-14-9(16-10(15-8)18-4)17-11(2,3)6-7-12/h5-6H2,1-4H3,(H2,13,14,15,16,17). The van der Waals surface area contributed by atoms with E-state index in [0.29, 0.717) is 24.9 Å². The summed E-state index contributed by atoms with van der Waals surface area (Å²) in [6, 6.07) is 2.35. The molecule has 0 aliphatic heterocycles. The lowest BCUT2D eigenvalue weighted by atomic mass is 10.0. The maximum absolute atomic E-state index is 8.74. The monoisotopic (exact) mass is 250 g/mol. The third-order valence-electron chi connectivity index (χ3n) is 2.10. The van der Waals surface area contributed by atoms with Crippen molar-refractivity contribution in [1.29, 1.82) is 5.26 Å². The summed E-state index contributed by atoms with van der Waals surface area (Å²) in [6.07, 6.45) is 0.345. The number of nitrogens with one attached hydrogen (secondary N) is 2. The Balaban J connectivity index is 2.94. The van der Waals surface area contributed by atoms with Crippen LogP contribution in [0.1, 0.15) is 27.2 Å². The van der Waals surface area contributed by atoms with E-state index in [1.54, 1.807) is 0 Å². The molecule has 0 aromatic carbocycles. The first-order valence-electron chi connectivity index (χ1n) is 5.70. The van der Waals surface area contributed by atoms with Crippen LogP contribution in [0.5, 0.6) is 6.01 Å². The lowest BCUT2D eigenvalue weighted by Crippen LogP contribution is -2.31. The molecular formula is C11H18N6O. The molecule has 7 nitrogen and oxygen atoms in total. The van der Waals surface area contributed by atoms with Gasteiger partial charge in [-0.25, -0.2) is 0 Å². The molecular weight excluding hydrogens is 232 g/mol. The fourth-order valence-corrected chi connectivity index (χ4v) is 1.29. The molecule has 2 N–H and O–H groups in total. The minimum Gasteiger partial charge on any atom is -0.467 e. The van der Waals surface area contributed by atoms with Gasteiger partial charge in [-0.3, -0.25) is 0 Å². The molecule has 7 heteroatoms. The molecule has 0 saturated carbocycles. The molecule has 1 aromatic heterocycles. The Morgan fingerprint density at radius 2 is 1.94 bits per heavy atom. The highest BCUT2D eigenvalue weighted by molar-refractivity contribution is 5.37. The summed E-state index contributed by atoms with van der Waals surface area (Å²) in [5.41, 5.74) is -0.412. The summed E-state index contributed by atoms with van der Waals surface area (Å²) in [5.74, 6) is 0.831. The number of nitriles is 1. The SMILES string of the molecule is CCNc1nc(NC(C)(C)CC#N)nc(OC)n1. The zero-order valence-electron chi connectivity index (χ0n) is 11.1. The molecule has 0 bridgehead atoms. The molecule has 1 aromatic rings. The van der Waals surface area contributed by atoms with Gasteiger partial charge in [-0.05, 0) is 20.8 Å². The Bertz CT molecular complexity index is 440. The van der Waals surface area contributed by atoms with Gasteiger partial charge >= 0.3 is 6.01 Å². The maximum Gasteiger partial charge on any atom is 0.322 e. The summed E-state index contributed by atoms with van der Waals surface area (Å²) in [6.45, 7) is 6.45. The molecule has 0 aliphatic rings. The van der Waals surface area contributed by atoms with Gasteiger partial charge in [0.15, 0.2) is 0 Å². The molecule has 0 atom stereocenters. The Labute approximate surface area is 107 Å². The number of nitrogens with zero attached hydrogens (tertiary/aromatic N) is 4. The summed E-state index contributed by atoms with van der Waals surface area (Å²) >= 11 is 0. The average molecular weight is 250 g/mol. The van der Waals surface area contributed by atoms with Gasteiger partial charge in [0.05, 0.1) is 19.6 Å². The second-order valence-corrected chi connectivity index (χ2v) is 4.34. The van der Waals surface area contributed by atoms with Crippen LogP contribution in [-0.4, -0.2) is 34.1 Å². The fraction of sp³-hybridized carbons (Fsp3) is 0.636. The Kier molecular flexibility index (Phi) is 4.66. The first kappa shape index (κ1) is 14.0. The fourth-order valence-electron chi connectivity index (χ4n) is 1.29. The summed E-state index contributed by atoms with van der Waals surface area (Å²) in [4.78, 5) is 12.4. The Morgan fingerprint density at radius 1 is 1.28 bits per heavy atom. The molecule has 1 heterocycles. The first-order chi connectivity index (χ1) is 8.50. The van der Waals surface area contributed by atoms with Crippen molar-refractivity contribution >= 4 is 11.9 Å². The van der Waals surface area contributed by atoms with Gasteiger partial charge in [-0.2, -0.15) is 20.2 Å². The van der Waals surface area contributed by atoms with E-state index in [9.17, 15) is 0 Å². The molecule has 0 fully saturated rings. The number of anilines is 2. The van der Waals surface area contributed by atoms with Gasteiger partial charge in [-0.15, -0.1) is 0 Å². The van der Waals surface area contributed by atoms with Crippen molar-refractivity contribution < 1.29 is 4.74 Å². The molecule has 0 saturated heterocycles. The van der Waals surface area contributed by atoms with Crippen LogP contribution in [0.25, 0.3) is 0 Å². The molecule has 0 spiro atoms. The van der Waals surface area contributed by atoms with Crippen LogP contribution in [0.4, 0.5) is 11.9 Å². The minimum absolute atomic E-state index is 0.233. The summed E-state index contributed by atoms with van der Waals surface area (Å²) < 4.78 is 5.01. The summed E-state index contributed by atoms with van der Waals surface area (Å²) in [5, 5.41) is 14.8. The molecule has 0 unspecified atom stereocenters. The number of ether oxygens (including phenoxy) is 1. The van der Waals surface area contributed by atoms with E-state index >= 15 is 0 Å². The molecule has 0 amide bonds. The van der Waals surface area contributed by atoms with Crippen molar-refractivity contribution in [1.82, 2.24) is 15.0 Å². The quantitative estimate of drug-likeness (QED) is 0.788. The van der Waals surface area contributed by atoms with E-state index < -0.39 is 5.54 Å². The zero-order chi connectivity index (χ0) is 13.6. The highest BCUT2D eigenvalue weighted by Crippen LogP contribution is 2.17. The van der Waals surface area contributed by atoms with Crippen molar-refractivity contribution in [2.45, 2.75) is 32.7 Å². The largest absolute Gasteiger partial charge is 0.467 e. The highest BCUT2D eigenvalue weighted by Gasteiger charge is 2.19. The Morgan fingerprint density at radius 3 is 2.50 bits per heavy atom. The van der Waals surface area contributed by atoms with Crippen LogP contribution in [-0.2, 0) is 0 Å². The molecule has 0 aliphatic carbocycles. The maximum atomic E-state index is 8.74. The van der Waals surface area contributed by atoms with Crippen molar-refractivity contribution in [3.05, 3.63) is 0 Å². The predicted octanol–water partition coefficient (Wildman–Crippen LogP) is 1.42. The van der Waals surface area contributed by atoms with Crippen molar-refractivity contribution in [2.24, 2.45) is 0 Å². The Hall–Kier alpha value is -2.10. The lowest BCUT2D eigenvalue weighted by Gasteiger charge is -2.23. The minimum atomic E-state index is -0.412. The summed E-state index contributed by atoms with van der Waals surface area (Å²) in [7, 11) is 1.50. The van der Waals surface area contributed by atoms with Gasteiger partial charge in [0, 0.05) is 12.1 Å². The van der Waals surface area contributed by atoms with Crippen molar-refractivity contribution in [3.8, 4) is 12.1 Å². The van der Waals surface area contributed by atoms with Gasteiger partial charge in [-0.1, -0.05) is 0 Å². The third-order valence-corrected chi connectivity index (χ3v) is 2.10. The van der Waals surface area contributed by atoms with Crippen LogP contribution in [0.3, 0.4) is 0 Å². The molecule has 1 rings (SSSR count). The number of methoxy groups -OCH3 is 1. The topological polar surface area (TPSA) is 95.8 Å². The molecule has 98 valence electrons. The predicted molar refractivity (Wildman–Crippen MR) is 68.5 cm³/mol. The van der Waals surface area contributed by atoms with E-state index in [0.717, 1.165) is 0 Å². The van der Waals surface area contributed by atoms with E-state index in [2.05, 4.69) is 31.7 Å². The van der Waals surface area contributed by atoms with Gasteiger partial charge in [0.25, 0.3) is 0 Å². The van der Waals surface area contributed by atoms with Gasteiger partial charge in [0.2, 0.25) is 11.9 Å². The normalized spacial score (nSPS) is 10.6. The van der Waals surface area contributed by atoms with Crippen LogP contribution < -0.4 is 15.4 Å². The second kappa shape index (κ2) is 6.00. The third kappa shape index (κ3) is 4.05. The van der Waals surface area contributed by atoms with Crippen LogP contribution in [0.15, 0.2) is 0 Å². The zero-order valence-corrected chi connectivity index (χ0v) is 11.1. The van der Waals surface area contributed by atoms with Crippen LogP contribution >= 0.6 is 0 Å². The van der Waals surface area contributed by atoms with E-state index in [4.69, 9.17) is 10.00 Å². The lowest BCUT2D eigenvalue weighted by molar-refractivity contribution is 0.379. The number of aromatic nitrogens is 3. The van der Waals surface area contributed by atoms with E-state index in [-0.39, 0.29) is 6.01 Å². The van der Waals surface area contributed by atoms with E-state index in [1.807, 2.05) is 20.8 Å². The number of hydrogen-bond acceptors (Lipinski definition) is 7. The molecule has 0 radical (unpaired) electrons. The van der Waals surface area contributed by atoms with Gasteiger partial charge < -0.3 is 15.4 Å². The van der Waals surface area contributed by atoms with Crippen LogP contribution in [0.2, 0.25) is 0 Å². The van der Waals surface area contributed by atoms with Crippen LogP contribution in [0, 0.1) is 11.3 Å².